The highest BCUT2D eigenvalue weighted by Crippen LogP contribution is 2.61. The molecule has 0 amide bonds. The molecule has 0 saturated heterocycles. The molecule has 10 rings (SSSR count). The van der Waals surface area contributed by atoms with Gasteiger partial charge < -0.3 is 4.90 Å². The number of nitrogens with zero attached hydrogens (tertiary/aromatic N) is 1. The summed E-state index contributed by atoms with van der Waals surface area (Å²) in [5.74, 6) is 0. The summed E-state index contributed by atoms with van der Waals surface area (Å²) in [6.45, 7) is 9.65. The van der Waals surface area contributed by atoms with Crippen LogP contribution in [0, 0.1) is 0 Å². The Balaban J connectivity index is 1.20. The Labute approximate surface area is 325 Å². The first-order valence-corrected chi connectivity index (χ1v) is 19.4. The van der Waals surface area contributed by atoms with Gasteiger partial charge >= 0.3 is 0 Å². The van der Waals surface area contributed by atoms with Crippen LogP contribution in [0.2, 0.25) is 0 Å². The molecular weight excluding hydrogens is 663 g/mol. The number of rotatable bonds is 6. The molecule has 0 fully saturated rings. The molecule has 1 nitrogen and oxygen atoms in total. The first-order chi connectivity index (χ1) is 26.8. The number of hydrogen-bond donors (Lipinski definition) is 0. The fourth-order valence-electron chi connectivity index (χ4n) is 9.46. The van der Waals surface area contributed by atoms with Gasteiger partial charge in [0.1, 0.15) is 0 Å². The van der Waals surface area contributed by atoms with E-state index in [0.29, 0.717) is 0 Å². The molecule has 0 spiro atoms. The maximum Gasteiger partial charge on any atom is 0.0540 e. The summed E-state index contributed by atoms with van der Waals surface area (Å²) in [4.78, 5) is 2.45. The van der Waals surface area contributed by atoms with Crippen LogP contribution in [0.25, 0.3) is 55.6 Å². The highest BCUT2D eigenvalue weighted by Gasteiger charge is 2.44. The second-order valence-electron chi connectivity index (χ2n) is 16.1. The van der Waals surface area contributed by atoms with Gasteiger partial charge in [-0.3, -0.25) is 0 Å². The van der Waals surface area contributed by atoms with E-state index in [1.165, 1.54) is 77.9 Å². The molecule has 0 aromatic heterocycles. The summed E-state index contributed by atoms with van der Waals surface area (Å²) in [5, 5.41) is 0. The molecule has 1 heteroatoms. The number of fused-ring (bicyclic) bond motifs is 6. The number of benzene rings is 8. The predicted molar refractivity (Wildman–Crippen MR) is 233 cm³/mol. The molecule has 0 heterocycles. The summed E-state index contributed by atoms with van der Waals surface area (Å²) >= 11 is 0. The van der Waals surface area contributed by atoms with Crippen molar-refractivity contribution in [3.8, 4) is 55.6 Å². The van der Waals surface area contributed by atoms with E-state index in [2.05, 4.69) is 221 Å². The Morgan fingerprint density at radius 2 is 0.782 bits per heavy atom. The van der Waals surface area contributed by atoms with E-state index in [1.807, 2.05) is 0 Å². The summed E-state index contributed by atoms with van der Waals surface area (Å²) in [6, 6.07) is 69.2. The van der Waals surface area contributed by atoms with Crippen LogP contribution in [0.3, 0.4) is 0 Å². The van der Waals surface area contributed by atoms with Gasteiger partial charge in [-0.15, -0.1) is 0 Å². The topological polar surface area (TPSA) is 3.24 Å². The van der Waals surface area contributed by atoms with E-state index in [4.69, 9.17) is 0 Å². The van der Waals surface area contributed by atoms with Crippen LogP contribution in [0.1, 0.15) is 49.9 Å². The third kappa shape index (κ3) is 5.14. The highest BCUT2D eigenvalue weighted by atomic mass is 15.1. The quantitative estimate of drug-likeness (QED) is 0.166. The summed E-state index contributed by atoms with van der Waals surface area (Å²) in [5.41, 5.74) is 21.5. The second-order valence-corrected chi connectivity index (χ2v) is 16.1. The van der Waals surface area contributed by atoms with Gasteiger partial charge in [0.15, 0.2) is 0 Å². The molecule has 2 aliphatic carbocycles. The van der Waals surface area contributed by atoms with Crippen molar-refractivity contribution in [2.75, 3.05) is 4.90 Å². The van der Waals surface area contributed by atoms with Crippen LogP contribution in [0.5, 0.6) is 0 Å². The fourth-order valence-corrected chi connectivity index (χ4v) is 9.46. The van der Waals surface area contributed by atoms with Crippen LogP contribution < -0.4 is 4.90 Å². The Hall–Kier alpha value is -6.44. The van der Waals surface area contributed by atoms with Crippen LogP contribution in [0.4, 0.5) is 17.1 Å². The van der Waals surface area contributed by atoms with Gasteiger partial charge in [-0.25, -0.2) is 0 Å². The molecule has 0 N–H and O–H groups in total. The van der Waals surface area contributed by atoms with Gasteiger partial charge in [-0.1, -0.05) is 185 Å². The highest BCUT2D eigenvalue weighted by molar-refractivity contribution is 6.04. The largest absolute Gasteiger partial charge is 0.310 e. The predicted octanol–water partition coefficient (Wildman–Crippen LogP) is 14.8. The van der Waals surface area contributed by atoms with Crippen molar-refractivity contribution in [3.05, 3.63) is 210 Å². The molecule has 8 aromatic rings. The maximum atomic E-state index is 2.56. The second kappa shape index (κ2) is 12.6. The Bertz CT molecular complexity index is 2720. The molecule has 2 aliphatic rings. The summed E-state index contributed by atoms with van der Waals surface area (Å²) in [7, 11) is 0. The lowest BCUT2D eigenvalue weighted by atomic mass is 9.76. The van der Waals surface area contributed by atoms with Crippen LogP contribution in [-0.2, 0) is 10.8 Å². The zero-order chi connectivity index (χ0) is 37.3. The fraction of sp³-hybridized carbons (Fsp3) is 0.111. The van der Waals surface area contributed by atoms with Crippen molar-refractivity contribution in [2.24, 2.45) is 0 Å². The molecule has 0 aliphatic heterocycles. The molecule has 0 saturated carbocycles. The maximum absolute atomic E-state index is 2.56. The minimum atomic E-state index is -0.230. The first-order valence-electron chi connectivity index (χ1n) is 19.4. The van der Waals surface area contributed by atoms with Crippen molar-refractivity contribution in [1.29, 1.82) is 0 Å². The van der Waals surface area contributed by atoms with Gasteiger partial charge in [-0.05, 0) is 103 Å². The lowest BCUT2D eigenvalue weighted by Gasteiger charge is -2.30. The standard InChI is InChI=1S/C54H43N/c1-53(2)45-26-16-14-25-43(45)51-47(53)35-48-52(50(51)39-22-12-7-13-23-39)44-33-32-41(34-46(44)54(48,3)4)55(40-30-28-37(29-31-40)36-18-8-5-9-19-36)49-27-17-15-24-42(49)38-20-10-6-11-21-38/h5-35H,1-4H3. The SMILES string of the molecule is CC1(C)c2ccccc2-c2c1cc1c(c2-c2ccccc2)-c2ccc(N(c3ccc(-c4ccccc4)cc3)c3ccccc3-c3ccccc3)cc2C1(C)C. The Kier molecular flexibility index (Phi) is 7.58. The molecule has 8 aromatic carbocycles. The first kappa shape index (κ1) is 33.2. The summed E-state index contributed by atoms with van der Waals surface area (Å²) < 4.78 is 0. The molecule has 0 atom stereocenters. The van der Waals surface area contributed by atoms with Crippen LogP contribution >= 0.6 is 0 Å². The molecule has 264 valence electrons. The van der Waals surface area contributed by atoms with E-state index in [-0.39, 0.29) is 10.8 Å². The van der Waals surface area contributed by atoms with Gasteiger partial charge in [-0.2, -0.15) is 0 Å². The molecule has 55 heavy (non-hydrogen) atoms. The molecule has 0 bridgehead atoms. The van der Waals surface area contributed by atoms with E-state index in [0.717, 1.165) is 17.1 Å². The van der Waals surface area contributed by atoms with Crippen molar-refractivity contribution >= 4 is 17.1 Å². The number of hydrogen-bond acceptors (Lipinski definition) is 1. The van der Waals surface area contributed by atoms with E-state index in [9.17, 15) is 0 Å². The average molecular weight is 706 g/mol. The number of para-hydroxylation sites is 1. The van der Waals surface area contributed by atoms with Crippen LogP contribution in [0.15, 0.2) is 188 Å². The molecular formula is C54H43N. The molecule has 0 radical (unpaired) electrons. The smallest absolute Gasteiger partial charge is 0.0540 e. The Morgan fingerprint density at radius 3 is 1.44 bits per heavy atom. The van der Waals surface area contributed by atoms with Gasteiger partial charge in [0, 0.05) is 27.8 Å². The van der Waals surface area contributed by atoms with Crippen molar-refractivity contribution in [2.45, 2.75) is 38.5 Å². The van der Waals surface area contributed by atoms with E-state index >= 15 is 0 Å². The van der Waals surface area contributed by atoms with E-state index in [1.54, 1.807) is 0 Å². The minimum absolute atomic E-state index is 0.107. The zero-order valence-electron chi connectivity index (χ0n) is 31.8. The minimum Gasteiger partial charge on any atom is -0.310 e. The number of anilines is 3. The summed E-state index contributed by atoms with van der Waals surface area (Å²) in [6.07, 6.45) is 0. The van der Waals surface area contributed by atoms with Crippen LogP contribution in [-0.4, -0.2) is 0 Å². The average Bonchev–Trinajstić information content (AvgIpc) is 3.61. The van der Waals surface area contributed by atoms with Gasteiger partial charge in [0.2, 0.25) is 0 Å². The lowest BCUT2D eigenvalue weighted by Crippen LogP contribution is -2.19. The van der Waals surface area contributed by atoms with Gasteiger partial charge in [0.05, 0.1) is 5.69 Å². The third-order valence-electron chi connectivity index (χ3n) is 12.3. The third-order valence-corrected chi connectivity index (χ3v) is 12.3. The Morgan fingerprint density at radius 1 is 0.309 bits per heavy atom. The van der Waals surface area contributed by atoms with Crippen molar-refractivity contribution in [1.82, 2.24) is 0 Å². The zero-order valence-corrected chi connectivity index (χ0v) is 31.8. The van der Waals surface area contributed by atoms with E-state index < -0.39 is 0 Å². The molecule has 0 unspecified atom stereocenters. The van der Waals surface area contributed by atoms with Gasteiger partial charge in [0.25, 0.3) is 0 Å². The lowest BCUT2D eigenvalue weighted by molar-refractivity contribution is 0.639. The van der Waals surface area contributed by atoms with Crippen molar-refractivity contribution in [3.63, 3.8) is 0 Å². The van der Waals surface area contributed by atoms with Crippen molar-refractivity contribution < 1.29 is 0 Å². The monoisotopic (exact) mass is 705 g/mol. The normalized spacial score (nSPS) is 14.1.